The second-order valence-electron chi connectivity index (χ2n) is 3.91. The number of carbonyl (C=O) groups is 1. The van der Waals surface area contributed by atoms with Gasteiger partial charge in [0, 0.05) is 13.2 Å². The smallest absolute Gasteiger partial charge is 0.257 e. The summed E-state index contributed by atoms with van der Waals surface area (Å²) < 4.78 is 0. The third-order valence-electron chi connectivity index (χ3n) is 2.65. The van der Waals surface area contributed by atoms with Crippen molar-refractivity contribution in [2.45, 2.75) is 0 Å². The molecule has 5 nitrogen and oxygen atoms in total. The number of nitrogens with one attached hydrogen (secondary N) is 2. The van der Waals surface area contributed by atoms with Crippen LogP contribution in [0.25, 0.3) is 0 Å². The summed E-state index contributed by atoms with van der Waals surface area (Å²) in [4.78, 5) is 16.2. The van der Waals surface area contributed by atoms with Crippen LogP contribution in [0.2, 0.25) is 5.02 Å². The first-order valence-corrected chi connectivity index (χ1v) is 6.17. The maximum Gasteiger partial charge on any atom is 0.257 e. The highest BCUT2D eigenvalue weighted by molar-refractivity contribution is 6.34. The quantitative estimate of drug-likeness (QED) is 0.909. The summed E-state index contributed by atoms with van der Waals surface area (Å²) in [6.45, 7) is 0. The Kier molecular flexibility index (Phi) is 4.18. The number of carbonyl (C=O) groups excluding carboxylic acids is 1. The van der Waals surface area contributed by atoms with Gasteiger partial charge in [-0.1, -0.05) is 23.7 Å². The van der Waals surface area contributed by atoms with Gasteiger partial charge < -0.3 is 10.6 Å². The van der Waals surface area contributed by atoms with Crippen molar-refractivity contribution in [1.29, 1.82) is 5.26 Å². The molecule has 0 saturated heterocycles. The molecular formula is C14H11ClN4O. The summed E-state index contributed by atoms with van der Waals surface area (Å²) in [6, 6.07) is 10.3. The third-order valence-corrected chi connectivity index (χ3v) is 2.95. The van der Waals surface area contributed by atoms with E-state index in [-0.39, 0.29) is 5.02 Å². The number of rotatable bonds is 3. The summed E-state index contributed by atoms with van der Waals surface area (Å²) >= 11 is 5.97. The summed E-state index contributed by atoms with van der Waals surface area (Å²) in [5.74, 6) is 0.143. The first-order valence-electron chi connectivity index (χ1n) is 5.79. The molecule has 0 unspecified atom stereocenters. The Morgan fingerprint density at radius 3 is 2.85 bits per heavy atom. The molecule has 6 heteroatoms. The van der Waals surface area contributed by atoms with Crippen LogP contribution in [0, 0.1) is 11.3 Å². The number of hydrogen-bond donors (Lipinski definition) is 2. The normalized spacial score (nSPS) is 9.65. The van der Waals surface area contributed by atoms with E-state index in [1.807, 2.05) is 6.07 Å². The molecule has 1 heterocycles. The summed E-state index contributed by atoms with van der Waals surface area (Å²) in [5.41, 5.74) is 1.12. The zero-order valence-electron chi connectivity index (χ0n) is 10.6. The topological polar surface area (TPSA) is 77.8 Å². The lowest BCUT2D eigenvalue weighted by Crippen LogP contribution is -2.14. The number of amides is 1. The molecule has 20 heavy (non-hydrogen) atoms. The van der Waals surface area contributed by atoms with Gasteiger partial charge in [-0.05, 0) is 18.2 Å². The number of aromatic nitrogens is 1. The number of para-hydroxylation sites is 1. The van der Waals surface area contributed by atoms with Crippen molar-refractivity contribution in [1.82, 2.24) is 4.98 Å². The Balaban J connectivity index is 2.31. The van der Waals surface area contributed by atoms with E-state index in [4.69, 9.17) is 16.9 Å². The fourth-order valence-electron chi connectivity index (χ4n) is 1.63. The average molecular weight is 287 g/mol. The fourth-order valence-corrected chi connectivity index (χ4v) is 1.82. The van der Waals surface area contributed by atoms with Crippen LogP contribution in [-0.4, -0.2) is 17.9 Å². The Morgan fingerprint density at radius 1 is 1.40 bits per heavy atom. The first-order chi connectivity index (χ1) is 9.65. The molecule has 0 spiro atoms. The zero-order valence-corrected chi connectivity index (χ0v) is 11.4. The van der Waals surface area contributed by atoms with Crippen molar-refractivity contribution in [3.63, 3.8) is 0 Å². The highest BCUT2D eigenvalue weighted by atomic mass is 35.5. The summed E-state index contributed by atoms with van der Waals surface area (Å²) in [7, 11) is 1.70. The molecule has 0 fully saturated rings. The minimum Gasteiger partial charge on any atom is -0.373 e. The van der Waals surface area contributed by atoms with Crippen LogP contribution in [0.1, 0.15) is 15.9 Å². The fraction of sp³-hybridized carbons (Fsp3) is 0.0714. The maximum atomic E-state index is 12.2. The number of pyridine rings is 1. The number of halogens is 1. The van der Waals surface area contributed by atoms with Crippen molar-refractivity contribution in [3.05, 3.63) is 52.7 Å². The lowest BCUT2D eigenvalue weighted by Gasteiger charge is -2.09. The molecule has 2 rings (SSSR count). The number of nitrogens with zero attached hydrogens (tertiary/aromatic N) is 2. The van der Waals surface area contributed by atoms with Crippen molar-refractivity contribution in [2.75, 3.05) is 17.7 Å². The van der Waals surface area contributed by atoms with Crippen LogP contribution in [0.5, 0.6) is 0 Å². The van der Waals surface area contributed by atoms with Gasteiger partial charge in [-0.2, -0.15) is 5.26 Å². The number of benzene rings is 1. The molecule has 0 radical (unpaired) electrons. The lowest BCUT2D eigenvalue weighted by molar-refractivity contribution is 0.102. The molecule has 0 bridgehead atoms. The van der Waals surface area contributed by atoms with Gasteiger partial charge in [0.05, 0.1) is 21.8 Å². The summed E-state index contributed by atoms with van der Waals surface area (Å²) in [5, 5.41) is 14.7. The number of nitriles is 1. The molecule has 1 aromatic carbocycles. The molecule has 2 N–H and O–H groups in total. The molecule has 2 aromatic rings. The van der Waals surface area contributed by atoms with Gasteiger partial charge in [0.1, 0.15) is 11.9 Å². The van der Waals surface area contributed by atoms with E-state index in [1.165, 1.54) is 6.20 Å². The Hall–Kier alpha value is -2.58. The Morgan fingerprint density at radius 2 is 2.15 bits per heavy atom. The molecule has 0 saturated carbocycles. The minimum absolute atomic E-state index is 0.246. The molecule has 0 aliphatic rings. The largest absolute Gasteiger partial charge is 0.373 e. The van der Waals surface area contributed by atoms with E-state index in [0.717, 1.165) is 0 Å². The van der Waals surface area contributed by atoms with Crippen molar-refractivity contribution in [3.8, 4) is 6.07 Å². The van der Waals surface area contributed by atoms with Crippen LogP contribution >= 0.6 is 11.6 Å². The van der Waals surface area contributed by atoms with E-state index in [9.17, 15) is 4.79 Å². The third kappa shape index (κ3) is 2.87. The molecule has 1 amide bonds. The Labute approximate surface area is 121 Å². The molecule has 0 aliphatic carbocycles. The highest BCUT2D eigenvalue weighted by Crippen LogP contribution is 2.21. The highest BCUT2D eigenvalue weighted by Gasteiger charge is 2.13. The second kappa shape index (κ2) is 6.04. The molecule has 100 valence electrons. The van der Waals surface area contributed by atoms with E-state index in [0.29, 0.717) is 22.6 Å². The maximum absolute atomic E-state index is 12.2. The minimum atomic E-state index is -0.392. The van der Waals surface area contributed by atoms with Gasteiger partial charge in [0.15, 0.2) is 0 Å². The molecule has 1 aromatic heterocycles. The van der Waals surface area contributed by atoms with Crippen LogP contribution in [0.3, 0.4) is 0 Å². The van der Waals surface area contributed by atoms with Crippen LogP contribution in [0.4, 0.5) is 11.5 Å². The van der Waals surface area contributed by atoms with Crippen molar-refractivity contribution in [2.24, 2.45) is 0 Å². The van der Waals surface area contributed by atoms with Crippen LogP contribution < -0.4 is 10.6 Å². The van der Waals surface area contributed by atoms with E-state index in [1.54, 1.807) is 37.4 Å². The second-order valence-corrected chi connectivity index (χ2v) is 4.32. The average Bonchev–Trinajstić information content (AvgIpc) is 2.48. The van der Waals surface area contributed by atoms with Gasteiger partial charge in [0.25, 0.3) is 5.91 Å². The van der Waals surface area contributed by atoms with Crippen LogP contribution in [0.15, 0.2) is 36.5 Å². The predicted molar refractivity (Wildman–Crippen MR) is 77.9 cm³/mol. The molecule has 0 aliphatic heterocycles. The van der Waals surface area contributed by atoms with Crippen molar-refractivity contribution >= 4 is 29.0 Å². The van der Waals surface area contributed by atoms with E-state index < -0.39 is 5.91 Å². The standard InChI is InChI=1S/C14H11ClN4O/c1-17-13-6-10(11(15)8-18-13)14(20)19-12-5-3-2-4-9(12)7-16/h2-6,8H,1H3,(H,17,18)(H,19,20). The SMILES string of the molecule is CNc1cc(C(=O)Nc2ccccc2C#N)c(Cl)cn1. The predicted octanol–water partition coefficient (Wildman–Crippen LogP) is 2.90. The number of anilines is 2. The lowest BCUT2D eigenvalue weighted by atomic mass is 10.1. The molecular weight excluding hydrogens is 276 g/mol. The monoisotopic (exact) mass is 286 g/mol. The molecule has 0 atom stereocenters. The van der Waals surface area contributed by atoms with Crippen molar-refractivity contribution < 1.29 is 4.79 Å². The van der Waals surface area contributed by atoms with E-state index in [2.05, 4.69) is 15.6 Å². The van der Waals surface area contributed by atoms with Gasteiger partial charge in [-0.3, -0.25) is 4.79 Å². The Bertz CT molecular complexity index is 694. The summed E-state index contributed by atoms with van der Waals surface area (Å²) in [6.07, 6.45) is 1.40. The van der Waals surface area contributed by atoms with Gasteiger partial charge in [0.2, 0.25) is 0 Å². The van der Waals surface area contributed by atoms with Gasteiger partial charge >= 0.3 is 0 Å². The van der Waals surface area contributed by atoms with Crippen LogP contribution in [-0.2, 0) is 0 Å². The van der Waals surface area contributed by atoms with Gasteiger partial charge in [-0.15, -0.1) is 0 Å². The number of hydrogen-bond acceptors (Lipinski definition) is 4. The zero-order chi connectivity index (χ0) is 14.5. The van der Waals surface area contributed by atoms with E-state index >= 15 is 0 Å². The first kappa shape index (κ1) is 13.8. The van der Waals surface area contributed by atoms with Gasteiger partial charge in [-0.25, -0.2) is 4.98 Å².